The lowest BCUT2D eigenvalue weighted by Crippen LogP contribution is -2.27. The zero-order valence-electron chi connectivity index (χ0n) is 8.86. The number of aromatic amines is 2. The largest absolute Gasteiger partial charge is 0.477 e. The maximum absolute atomic E-state index is 11.7. The molecule has 0 aliphatic heterocycles. The molecule has 0 atom stereocenters. The number of aromatic carboxylic acids is 1. The van der Waals surface area contributed by atoms with Crippen molar-refractivity contribution in [2.45, 2.75) is 0 Å². The van der Waals surface area contributed by atoms with Crippen molar-refractivity contribution in [3.8, 4) is 11.1 Å². The van der Waals surface area contributed by atoms with Crippen molar-refractivity contribution in [1.82, 2.24) is 9.97 Å². The van der Waals surface area contributed by atoms with Gasteiger partial charge in [-0.1, -0.05) is 28.1 Å². The molecule has 1 aromatic heterocycles. The van der Waals surface area contributed by atoms with E-state index in [0.29, 0.717) is 10.0 Å². The van der Waals surface area contributed by atoms with Crippen molar-refractivity contribution >= 4 is 21.9 Å². The third kappa shape index (κ3) is 2.25. The molecular formula is C11H7BrN2O4. The Labute approximate surface area is 108 Å². The molecule has 18 heavy (non-hydrogen) atoms. The molecular weight excluding hydrogens is 304 g/mol. The Morgan fingerprint density at radius 1 is 1.22 bits per heavy atom. The number of hydrogen-bond donors (Lipinski definition) is 3. The Morgan fingerprint density at radius 3 is 2.56 bits per heavy atom. The van der Waals surface area contributed by atoms with Crippen LogP contribution in [-0.2, 0) is 0 Å². The van der Waals surface area contributed by atoms with Crippen LogP contribution in [0.5, 0.6) is 0 Å². The van der Waals surface area contributed by atoms with Gasteiger partial charge in [0, 0.05) is 4.47 Å². The first kappa shape index (κ1) is 12.3. The van der Waals surface area contributed by atoms with Crippen molar-refractivity contribution in [1.29, 1.82) is 0 Å². The molecule has 0 aliphatic carbocycles. The Kier molecular flexibility index (Phi) is 3.15. The highest BCUT2D eigenvalue weighted by molar-refractivity contribution is 9.10. The summed E-state index contributed by atoms with van der Waals surface area (Å²) in [5.41, 5.74) is -1.70. The van der Waals surface area contributed by atoms with Gasteiger partial charge in [0.1, 0.15) is 5.69 Å². The monoisotopic (exact) mass is 310 g/mol. The molecule has 0 fully saturated rings. The number of nitrogens with one attached hydrogen (secondary N) is 2. The van der Waals surface area contributed by atoms with Crippen LogP contribution < -0.4 is 11.2 Å². The molecule has 92 valence electrons. The fourth-order valence-corrected chi connectivity index (χ4v) is 1.97. The molecule has 1 aromatic carbocycles. The van der Waals surface area contributed by atoms with E-state index in [9.17, 15) is 14.4 Å². The van der Waals surface area contributed by atoms with Crippen LogP contribution in [0.4, 0.5) is 0 Å². The quantitative estimate of drug-likeness (QED) is 0.775. The number of carbonyl (C=O) groups is 1. The summed E-state index contributed by atoms with van der Waals surface area (Å²) >= 11 is 3.23. The summed E-state index contributed by atoms with van der Waals surface area (Å²) < 4.78 is 0.696. The van der Waals surface area contributed by atoms with Crippen LogP contribution in [0.3, 0.4) is 0 Å². The third-order valence-corrected chi connectivity index (χ3v) is 2.76. The van der Waals surface area contributed by atoms with Crippen LogP contribution in [0.1, 0.15) is 10.5 Å². The second kappa shape index (κ2) is 4.61. The predicted octanol–water partition coefficient (Wildman–Crippen LogP) is 1.19. The number of halogens is 1. The number of hydrogen-bond acceptors (Lipinski definition) is 3. The maximum atomic E-state index is 11.7. The van der Waals surface area contributed by atoms with Crippen molar-refractivity contribution in [3.63, 3.8) is 0 Å². The molecule has 2 rings (SSSR count). The van der Waals surface area contributed by atoms with Gasteiger partial charge in [-0.15, -0.1) is 0 Å². The molecule has 0 saturated heterocycles. The molecule has 3 N–H and O–H groups in total. The Bertz CT molecular complexity index is 732. The zero-order valence-corrected chi connectivity index (χ0v) is 10.4. The molecule has 1 heterocycles. The first-order valence-electron chi connectivity index (χ1n) is 4.85. The minimum atomic E-state index is -1.37. The van der Waals surface area contributed by atoms with Crippen LogP contribution >= 0.6 is 15.9 Å². The first-order chi connectivity index (χ1) is 8.49. The average Bonchev–Trinajstić information content (AvgIpc) is 2.27. The highest BCUT2D eigenvalue weighted by atomic mass is 79.9. The Balaban J connectivity index is 2.82. The third-order valence-electron chi connectivity index (χ3n) is 2.27. The van der Waals surface area contributed by atoms with Crippen LogP contribution in [0, 0.1) is 0 Å². The molecule has 0 aliphatic rings. The number of carboxylic acids is 1. The van der Waals surface area contributed by atoms with Crippen LogP contribution in [-0.4, -0.2) is 21.0 Å². The lowest BCUT2D eigenvalue weighted by molar-refractivity contribution is 0.0690. The van der Waals surface area contributed by atoms with Gasteiger partial charge in [-0.25, -0.2) is 9.59 Å². The normalized spacial score (nSPS) is 10.3. The SMILES string of the molecule is O=C(O)c1[nH]c(=O)[nH]c(=O)c1-c1cccc(Br)c1. The summed E-state index contributed by atoms with van der Waals surface area (Å²) in [5.74, 6) is -1.37. The van der Waals surface area contributed by atoms with Gasteiger partial charge >= 0.3 is 11.7 Å². The summed E-state index contributed by atoms with van der Waals surface area (Å²) in [6.07, 6.45) is 0. The van der Waals surface area contributed by atoms with E-state index in [1.165, 1.54) is 0 Å². The second-order valence-corrected chi connectivity index (χ2v) is 4.39. The van der Waals surface area contributed by atoms with E-state index in [4.69, 9.17) is 5.11 Å². The molecule has 0 spiro atoms. The smallest absolute Gasteiger partial charge is 0.353 e. The predicted molar refractivity (Wildman–Crippen MR) is 67.8 cm³/mol. The maximum Gasteiger partial charge on any atom is 0.353 e. The van der Waals surface area contributed by atoms with E-state index in [1.807, 2.05) is 4.98 Å². The number of carboxylic acid groups (broad SMARTS) is 1. The minimum Gasteiger partial charge on any atom is -0.477 e. The van der Waals surface area contributed by atoms with Crippen molar-refractivity contribution in [2.24, 2.45) is 0 Å². The lowest BCUT2D eigenvalue weighted by Gasteiger charge is -2.04. The molecule has 2 aromatic rings. The van der Waals surface area contributed by atoms with Crippen LogP contribution in [0.25, 0.3) is 11.1 Å². The highest BCUT2D eigenvalue weighted by Gasteiger charge is 2.17. The van der Waals surface area contributed by atoms with Gasteiger partial charge in [0.15, 0.2) is 0 Å². The van der Waals surface area contributed by atoms with Gasteiger partial charge in [-0.05, 0) is 17.7 Å². The molecule has 0 saturated carbocycles. The van der Waals surface area contributed by atoms with E-state index < -0.39 is 22.9 Å². The van der Waals surface area contributed by atoms with E-state index in [2.05, 4.69) is 20.9 Å². The molecule has 7 heteroatoms. The molecule has 0 unspecified atom stereocenters. The van der Waals surface area contributed by atoms with Gasteiger partial charge in [0.2, 0.25) is 0 Å². The first-order valence-corrected chi connectivity index (χ1v) is 5.64. The van der Waals surface area contributed by atoms with E-state index in [-0.39, 0.29) is 5.56 Å². The summed E-state index contributed by atoms with van der Waals surface area (Å²) in [5, 5.41) is 9.01. The van der Waals surface area contributed by atoms with Gasteiger partial charge in [0.05, 0.1) is 5.56 Å². The van der Waals surface area contributed by atoms with E-state index >= 15 is 0 Å². The van der Waals surface area contributed by atoms with Gasteiger partial charge < -0.3 is 10.1 Å². The summed E-state index contributed by atoms with van der Waals surface area (Å²) in [6.45, 7) is 0. The zero-order chi connectivity index (χ0) is 13.3. The Morgan fingerprint density at radius 2 is 1.94 bits per heavy atom. The minimum absolute atomic E-state index is 0.0802. The summed E-state index contributed by atoms with van der Waals surface area (Å²) in [7, 11) is 0. The number of benzene rings is 1. The van der Waals surface area contributed by atoms with Gasteiger partial charge in [0.25, 0.3) is 5.56 Å². The fourth-order valence-electron chi connectivity index (χ4n) is 1.57. The van der Waals surface area contributed by atoms with Crippen molar-refractivity contribution in [2.75, 3.05) is 0 Å². The Hall–Kier alpha value is -2.15. The lowest BCUT2D eigenvalue weighted by atomic mass is 10.1. The summed E-state index contributed by atoms with van der Waals surface area (Å²) in [4.78, 5) is 38.0. The highest BCUT2D eigenvalue weighted by Crippen LogP contribution is 2.21. The van der Waals surface area contributed by atoms with Gasteiger partial charge in [-0.3, -0.25) is 9.78 Å². The van der Waals surface area contributed by atoms with E-state index in [0.717, 1.165) is 0 Å². The molecule has 0 amide bonds. The van der Waals surface area contributed by atoms with Crippen LogP contribution in [0.15, 0.2) is 38.3 Å². The molecule has 6 nitrogen and oxygen atoms in total. The standard InChI is InChI=1S/C11H7BrN2O4/c12-6-3-1-2-5(4-6)7-8(10(16)17)13-11(18)14-9(7)15/h1-4H,(H,16,17)(H2,13,14,15,18). The fraction of sp³-hybridized carbons (Fsp3) is 0. The average molecular weight is 311 g/mol. The second-order valence-electron chi connectivity index (χ2n) is 3.47. The van der Waals surface area contributed by atoms with Crippen LogP contribution in [0.2, 0.25) is 0 Å². The molecule has 0 radical (unpaired) electrons. The topological polar surface area (TPSA) is 103 Å². The van der Waals surface area contributed by atoms with Crippen molar-refractivity contribution < 1.29 is 9.90 Å². The number of rotatable bonds is 2. The van der Waals surface area contributed by atoms with E-state index in [1.54, 1.807) is 24.3 Å². The number of H-pyrrole nitrogens is 2. The summed E-state index contributed by atoms with van der Waals surface area (Å²) in [6, 6.07) is 6.58. The van der Waals surface area contributed by atoms with Crippen molar-refractivity contribution in [3.05, 3.63) is 55.3 Å². The number of aromatic nitrogens is 2. The molecule has 0 bridgehead atoms. The van der Waals surface area contributed by atoms with Gasteiger partial charge in [-0.2, -0.15) is 0 Å².